The van der Waals surface area contributed by atoms with Crippen LogP contribution in [0.4, 0.5) is 20.4 Å². The number of piperidine rings is 2. The molecule has 4 bridgehead atoms. The maximum absolute atomic E-state index is 13.2. The lowest BCUT2D eigenvalue weighted by atomic mass is 9.87. The second kappa shape index (κ2) is 20.7. The molecule has 71 heavy (non-hydrogen) atoms. The Morgan fingerprint density at radius 1 is 0.563 bits per heavy atom. The first-order chi connectivity index (χ1) is 34.4. The van der Waals surface area contributed by atoms with Crippen LogP contribution in [0.2, 0.25) is 0 Å². The van der Waals surface area contributed by atoms with Gasteiger partial charge in [0.2, 0.25) is 0 Å². The van der Waals surface area contributed by atoms with Gasteiger partial charge in [0.1, 0.15) is 29.0 Å². The minimum Gasteiger partial charge on any atom is -0.353 e. The molecule has 0 saturated carbocycles. The summed E-state index contributed by atoms with van der Waals surface area (Å²) >= 11 is 0. The number of aldehydes is 1. The molecule has 14 heterocycles. The number of halogens is 2. The lowest BCUT2D eigenvalue weighted by Crippen LogP contribution is -2.68. The summed E-state index contributed by atoms with van der Waals surface area (Å²) in [5.74, 6) is 2.70. The molecule has 8 aromatic rings. The van der Waals surface area contributed by atoms with Crippen LogP contribution in [-0.2, 0) is 19.4 Å². The minimum absolute atomic E-state index is 0.247. The Hall–Kier alpha value is -7.77. The fourth-order valence-electron chi connectivity index (χ4n) is 9.60. The predicted molar refractivity (Wildman–Crippen MR) is 264 cm³/mol. The zero-order valence-corrected chi connectivity index (χ0v) is 40.0. The second-order valence-electron chi connectivity index (χ2n) is 18.7. The van der Waals surface area contributed by atoms with Crippen LogP contribution in [-0.4, -0.2) is 122 Å². The Labute approximate surface area is 409 Å². The van der Waals surface area contributed by atoms with Crippen molar-refractivity contribution in [2.24, 2.45) is 0 Å². The van der Waals surface area contributed by atoms with Gasteiger partial charge in [0.05, 0.1) is 40.9 Å². The van der Waals surface area contributed by atoms with Crippen molar-refractivity contribution in [1.82, 2.24) is 70.5 Å². The molecule has 4 unspecified atom stereocenters. The molecule has 17 nitrogen and oxygen atoms in total. The number of nitrogens with one attached hydrogen (secondary N) is 3. The van der Waals surface area contributed by atoms with E-state index in [4.69, 9.17) is 15.0 Å². The molecule has 3 N–H and O–H groups in total. The van der Waals surface area contributed by atoms with Crippen molar-refractivity contribution < 1.29 is 13.6 Å². The van der Waals surface area contributed by atoms with Gasteiger partial charge in [0, 0.05) is 116 Å². The van der Waals surface area contributed by atoms with Crippen LogP contribution in [0, 0.1) is 39.3 Å². The van der Waals surface area contributed by atoms with E-state index in [-0.39, 0.29) is 11.5 Å². The molecule has 6 fully saturated rings. The minimum atomic E-state index is -0.430. The number of aromatic nitrogens is 12. The van der Waals surface area contributed by atoms with E-state index in [1.54, 1.807) is 6.07 Å². The fourth-order valence-corrected chi connectivity index (χ4v) is 9.60. The molecule has 362 valence electrons. The van der Waals surface area contributed by atoms with Crippen molar-refractivity contribution in [1.29, 1.82) is 0 Å². The number of nitrogens with zero attached hydrogens (tertiary/aromatic N) is 13. The summed E-state index contributed by atoms with van der Waals surface area (Å²) in [7, 11) is 0. The number of H-pyrrole nitrogens is 2. The molecular weight excluding hydrogens is 903 g/mol. The third-order valence-corrected chi connectivity index (χ3v) is 13.0. The van der Waals surface area contributed by atoms with E-state index in [9.17, 15) is 13.6 Å². The number of rotatable bonds is 11. The fraction of sp³-hybridized carbons (Fsp3) is 0.327. The van der Waals surface area contributed by atoms with Crippen LogP contribution in [0.3, 0.4) is 0 Å². The van der Waals surface area contributed by atoms with Gasteiger partial charge in [-0.25, -0.2) is 38.7 Å². The second-order valence-corrected chi connectivity index (χ2v) is 18.7. The molecule has 6 aliphatic heterocycles. The van der Waals surface area contributed by atoms with Gasteiger partial charge < -0.3 is 15.1 Å². The van der Waals surface area contributed by atoms with E-state index >= 15 is 0 Å². The number of hydrogen-bond donors (Lipinski definition) is 3. The van der Waals surface area contributed by atoms with Crippen LogP contribution >= 0.6 is 0 Å². The maximum Gasteiger partial charge on any atom is 0.168 e. The van der Waals surface area contributed by atoms with E-state index in [1.807, 2.05) is 64.4 Å². The number of fused-ring (bicyclic) bond motifs is 4. The SMILES string of the molecule is Cc1cc(Cc2cc(C)[nH]n2)nc(-c2ccc(N3CC4CC(C3)N4)nc2)n1.Cc1cc(Cc2cc(C)[nH]n2)nc(-c2ccc(N3CC4CC(C3)N4Cc3ccc(F)cn3)nc2)n1.O=Cc1ccc(F)cn1. The number of piperazine rings is 2. The third kappa shape index (κ3) is 11.5. The van der Waals surface area contributed by atoms with E-state index in [0.717, 1.165) is 119 Å². The largest absolute Gasteiger partial charge is 0.353 e. The van der Waals surface area contributed by atoms with Gasteiger partial charge >= 0.3 is 0 Å². The van der Waals surface area contributed by atoms with Gasteiger partial charge in [0.25, 0.3) is 0 Å². The Morgan fingerprint density at radius 2 is 1.08 bits per heavy atom. The van der Waals surface area contributed by atoms with Crippen molar-refractivity contribution in [2.75, 3.05) is 36.0 Å². The monoisotopic (exact) mass is 956 g/mol. The first-order valence-corrected chi connectivity index (χ1v) is 23.8. The Kier molecular flexibility index (Phi) is 13.7. The van der Waals surface area contributed by atoms with Crippen LogP contribution in [0.25, 0.3) is 22.8 Å². The van der Waals surface area contributed by atoms with Crippen LogP contribution in [0.1, 0.15) is 74.6 Å². The average Bonchev–Trinajstić information content (AvgIpc) is 3.99. The highest BCUT2D eigenvalue weighted by Crippen LogP contribution is 2.35. The standard InChI is InChI=1S/C26H27FN8.C20H23N7.C6H4FNO/c1-16-7-21(9-22-8-17(2)32-33-22)31-26(30-16)18-3-6-25(29-11-18)34-14-23-10-24(15-34)35(23)13-20-5-4-19(27)12-28-20;1-12-5-15(7-16-6-13(2)25-26-16)24-20(22-12)14-3-4-19(21-9-14)27-10-17-8-18(11-27)23-17;7-5-1-2-6(4-9)8-3-5/h3-8,11-12,23-24H,9-10,13-15H2,1-2H3,(H,32,33);3-6,9,17-18,23H,7-8,10-11H2,1-2H3,(H,25,26);1-4H. The van der Waals surface area contributed by atoms with Crippen LogP contribution < -0.4 is 15.1 Å². The van der Waals surface area contributed by atoms with E-state index in [0.29, 0.717) is 49.1 Å². The molecular formula is C52H54F2N16O. The van der Waals surface area contributed by atoms with Crippen molar-refractivity contribution in [3.63, 3.8) is 0 Å². The molecule has 19 heteroatoms. The summed E-state index contributed by atoms with van der Waals surface area (Å²) in [6, 6.07) is 24.3. The van der Waals surface area contributed by atoms with Gasteiger partial charge in [-0.15, -0.1) is 0 Å². The molecule has 0 aromatic carbocycles. The molecule has 6 aliphatic rings. The Bertz CT molecular complexity index is 3060. The first-order valence-electron chi connectivity index (χ1n) is 23.8. The van der Waals surface area contributed by atoms with E-state index in [2.05, 4.69) is 89.6 Å². The van der Waals surface area contributed by atoms with Crippen molar-refractivity contribution in [2.45, 2.75) is 84.1 Å². The highest BCUT2D eigenvalue weighted by Gasteiger charge is 2.45. The zero-order chi connectivity index (χ0) is 49.0. The molecule has 6 saturated heterocycles. The van der Waals surface area contributed by atoms with Crippen LogP contribution in [0.5, 0.6) is 0 Å². The number of carbonyl (C=O) groups excluding carboxylic acids is 1. The van der Waals surface area contributed by atoms with Crippen molar-refractivity contribution >= 4 is 17.9 Å². The summed E-state index contributed by atoms with van der Waals surface area (Å²) in [4.78, 5) is 53.0. The van der Waals surface area contributed by atoms with Crippen LogP contribution in [0.15, 0.2) is 97.6 Å². The van der Waals surface area contributed by atoms with Gasteiger partial charge in [0.15, 0.2) is 17.9 Å². The molecule has 0 aliphatic carbocycles. The normalized spacial score (nSPS) is 18.8. The number of aromatic amines is 2. The van der Waals surface area contributed by atoms with Gasteiger partial charge in [-0.2, -0.15) is 10.2 Å². The molecule has 0 radical (unpaired) electrons. The highest BCUT2D eigenvalue weighted by molar-refractivity contribution is 5.71. The van der Waals surface area contributed by atoms with Gasteiger partial charge in [-0.3, -0.25) is 29.9 Å². The van der Waals surface area contributed by atoms with Crippen molar-refractivity contribution in [3.05, 3.63) is 166 Å². The van der Waals surface area contributed by atoms with Gasteiger partial charge in [-0.1, -0.05) is 0 Å². The number of anilines is 2. The first kappa shape index (κ1) is 46.9. The maximum atomic E-state index is 13.2. The molecule has 0 amide bonds. The lowest BCUT2D eigenvalue weighted by Gasteiger charge is -2.56. The molecule has 0 spiro atoms. The summed E-state index contributed by atoms with van der Waals surface area (Å²) in [6.45, 7) is 12.7. The molecule has 8 aromatic heterocycles. The van der Waals surface area contributed by atoms with Crippen molar-refractivity contribution in [3.8, 4) is 22.8 Å². The molecule has 14 rings (SSSR count). The van der Waals surface area contributed by atoms with E-state index < -0.39 is 5.82 Å². The predicted octanol–water partition coefficient (Wildman–Crippen LogP) is 6.52. The quantitative estimate of drug-likeness (QED) is 0.118. The summed E-state index contributed by atoms with van der Waals surface area (Å²) < 4.78 is 25.2. The summed E-state index contributed by atoms with van der Waals surface area (Å²) in [5, 5.41) is 18.1. The van der Waals surface area contributed by atoms with E-state index in [1.165, 1.54) is 37.2 Å². The lowest BCUT2D eigenvalue weighted by molar-refractivity contribution is -0.00970. The zero-order valence-electron chi connectivity index (χ0n) is 40.0. The van der Waals surface area contributed by atoms with Gasteiger partial charge in [-0.05, 0) is 113 Å². The highest BCUT2D eigenvalue weighted by atomic mass is 19.1. The smallest absolute Gasteiger partial charge is 0.168 e. The average molecular weight is 957 g/mol. The topological polar surface area (TPSA) is 199 Å². The number of carbonyl (C=O) groups is 1. The summed E-state index contributed by atoms with van der Waals surface area (Å²) in [5.41, 5.74) is 10.8. The number of pyridine rings is 4. The number of aryl methyl sites for hydroxylation is 4. The third-order valence-electron chi connectivity index (χ3n) is 13.0. The Balaban J connectivity index is 0.000000143. The Morgan fingerprint density at radius 3 is 1.52 bits per heavy atom. The summed E-state index contributed by atoms with van der Waals surface area (Å²) in [6.07, 6.45) is 10.5. The number of hydrogen-bond acceptors (Lipinski definition) is 15. The molecule has 4 atom stereocenters.